The van der Waals surface area contributed by atoms with E-state index in [0.717, 1.165) is 38.0 Å². The lowest BCUT2D eigenvalue weighted by atomic mass is 10.1. The highest BCUT2D eigenvalue weighted by atomic mass is 35.5. The van der Waals surface area contributed by atoms with Gasteiger partial charge in [0.1, 0.15) is 0 Å². The Morgan fingerprint density at radius 1 is 1.18 bits per heavy atom. The van der Waals surface area contributed by atoms with Crippen molar-refractivity contribution in [2.24, 2.45) is 0 Å². The van der Waals surface area contributed by atoms with E-state index in [2.05, 4.69) is 10.3 Å². The van der Waals surface area contributed by atoms with E-state index in [1.54, 1.807) is 18.3 Å². The monoisotopic (exact) mass is 361 g/mol. The molecule has 0 spiro atoms. The van der Waals surface area contributed by atoms with Gasteiger partial charge in [-0.05, 0) is 37.2 Å². The van der Waals surface area contributed by atoms with Crippen LogP contribution in [0.4, 0.5) is 0 Å². The zero-order chi connectivity index (χ0) is 13.9. The van der Waals surface area contributed by atoms with Crippen molar-refractivity contribution in [3.8, 4) is 0 Å². The van der Waals surface area contributed by atoms with Gasteiger partial charge in [0.05, 0.1) is 16.1 Å². The largest absolute Gasteiger partial charge is 0.337 e. The molecule has 7 heteroatoms. The number of hydrogen-bond acceptors (Lipinski definition) is 3. The van der Waals surface area contributed by atoms with E-state index in [9.17, 15) is 4.79 Å². The third kappa shape index (κ3) is 3.82. The van der Waals surface area contributed by atoms with Gasteiger partial charge in [0, 0.05) is 31.2 Å². The Hall–Kier alpha value is -1.07. The van der Waals surface area contributed by atoms with Gasteiger partial charge in [-0.1, -0.05) is 11.6 Å². The predicted octanol–water partition coefficient (Wildman–Crippen LogP) is 3.17. The van der Waals surface area contributed by atoms with Crippen LogP contribution in [0.5, 0.6) is 0 Å². The van der Waals surface area contributed by atoms with E-state index < -0.39 is 0 Å². The second-order valence-corrected chi connectivity index (χ2v) is 5.30. The van der Waals surface area contributed by atoms with Gasteiger partial charge >= 0.3 is 0 Å². The van der Waals surface area contributed by atoms with Crippen molar-refractivity contribution < 1.29 is 4.79 Å². The van der Waals surface area contributed by atoms with Gasteiger partial charge in [-0.3, -0.25) is 9.78 Å². The fourth-order valence-corrected chi connectivity index (χ4v) is 2.75. The molecule has 2 aromatic rings. The molecule has 120 valence electrons. The summed E-state index contributed by atoms with van der Waals surface area (Å²) in [6.07, 6.45) is 2.67. The molecule has 1 fully saturated rings. The van der Waals surface area contributed by atoms with Gasteiger partial charge in [-0.2, -0.15) is 0 Å². The van der Waals surface area contributed by atoms with Crippen LogP contribution in [0.2, 0.25) is 5.02 Å². The van der Waals surface area contributed by atoms with Crippen molar-refractivity contribution in [2.75, 3.05) is 26.2 Å². The number of benzene rings is 1. The maximum absolute atomic E-state index is 12.7. The summed E-state index contributed by atoms with van der Waals surface area (Å²) in [5.74, 6) is 0.0362. The Kier molecular flexibility index (Phi) is 7.36. The summed E-state index contributed by atoms with van der Waals surface area (Å²) in [5.41, 5.74) is 1.31. The molecule has 1 N–H and O–H groups in total. The number of amides is 1. The number of halogens is 3. The Morgan fingerprint density at radius 3 is 2.82 bits per heavy atom. The number of nitrogens with zero attached hydrogens (tertiary/aromatic N) is 2. The molecule has 1 aliphatic heterocycles. The minimum atomic E-state index is 0. The first-order valence-electron chi connectivity index (χ1n) is 6.80. The smallest absolute Gasteiger partial charge is 0.256 e. The number of fused-ring (bicyclic) bond motifs is 1. The van der Waals surface area contributed by atoms with Crippen molar-refractivity contribution in [1.82, 2.24) is 15.2 Å². The van der Waals surface area contributed by atoms with Crippen molar-refractivity contribution in [3.63, 3.8) is 0 Å². The zero-order valence-electron chi connectivity index (χ0n) is 11.9. The van der Waals surface area contributed by atoms with Crippen LogP contribution in [0.25, 0.3) is 10.9 Å². The lowest BCUT2D eigenvalue weighted by molar-refractivity contribution is 0.0768. The molecule has 1 amide bonds. The number of pyridine rings is 1. The summed E-state index contributed by atoms with van der Waals surface area (Å²) in [4.78, 5) is 18.9. The summed E-state index contributed by atoms with van der Waals surface area (Å²) in [6.45, 7) is 3.31. The standard InChI is InChI=1S/C15H16ClN3O.2ClH/c16-13-5-4-12(14-11(13)3-1-7-18-14)15(20)19-9-2-6-17-8-10-19;;/h1,3-5,7,17H,2,6,8-10H2;2*1H. The predicted molar refractivity (Wildman–Crippen MR) is 94.6 cm³/mol. The summed E-state index contributed by atoms with van der Waals surface area (Å²) < 4.78 is 0. The molecule has 2 heterocycles. The lowest BCUT2D eigenvalue weighted by Gasteiger charge is -2.20. The molecule has 0 radical (unpaired) electrons. The maximum atomic E-state index is 12.7. The van der Waals surface area contributed by atoms with E-state index in [-0.39, 0.29) is 30.7 Å². The molecule has 0 saturated carbocycles. The molecule has 1 aromatic heterocycles. The third-order valence-electron chi connectivity index (χ3n) is 3.57. The summed E-state index contributed by atoms with van der Waals surface area (Å²) in [5, 5.41) is 4.75. The van der Waals surface area contributed by atoms with Crippen LogP contribution in [0.1, 0.15) is 16.8 Å². The summed E-state index contributed by atoms with van der Waals surface area (Å²) in [6, 6.07) is 7.27. The Bertz CT molecular complexity index is 643. The minimum Gasteiger partial charge on any atom is -0.337 e. The molecular formula is C15H18Cl3N3O. The number of hydrogen-bond donors (Lipinski definition) is 1. The molecule has 3 rings (SSSR count). The van der Waals surface area contributed by atoms with Gasteiger partial charge < -0.3 is 10.2 Å². The molecule has 0 atom stereocenters. The van der Waals surface area contributed by atoms with Crippen molar-refractivity contribution in [1.29, 1.82) is 0 Å². The van der Waals surface area contributed by atoms with Gasteiger partial charge in [0.15, 0.2) is 0 Å². The van der Waals surface area contributed by atoms with Gasteiger partial charge in [0.2, 0.25) is 0 Å². The first-order chi connectivity index (χ1) is 9.77. The highest BCUT2D eigenvalue weighted by molar-refractivity contribution is 6.36. The van der Waals surface area contributed by atoms with E-state index >= 15 is 0 Å². The van der Waals surface area contributed by atoms with E-state index in [1.807, 2.05) is 17.0 Å². The van der Waals surface area contributed by atoms with Crippen LogP contribution in [-0.4, -0.2) is 42.0 Å². The SMILES string of the molecule is Cl.Cl.O=C(c1ccc(Cl)c2cccnc12)N1CCCNCC1. The van der Waals surface area contributed by atoms with Crippen molar-refractivity contribution in [2.45, 2.75) is 6.42 Å². The second kappa shape index (κ2) is 8.53. The molecule has 0 bridgehead atoms. The van der Waals surface area contributed by atoms with Gasteiger partial charge in [0.25, 0.3) is 5.91 Å². The number of carbonyl (C=O) groups is 1. The highest BCUT2D eigenvalue weighted by Crippen LogP contribution is 2.25. The quantitative estimate of drug-likeness (QED) is 0.847. The molecule has 4 nitrogen and oxygen atoms in total. The molecule has 1 aliphatic rings. The van der Waals surface area contributed by atoms with Crippen LogP contribution in [0.3, 0.4) is 0 Å². The third-order valence-corrected chi connectivity index (χ3v) is 3.90. The number of carbonyl (C=O) groups excluding carboxylic acids is 1. The number of nitrogens with one attached hydrogen (secondary N) is 1. The number of rotatable bonds is 1. The number of aromatic nitrogens is 1. The second-order valence-electron chi connectivity index (χ2n) is 4.89. The molecule has 1 aromatic carbocycles. The van der Waals surface area contributed by atoms with E-state index in [1.165, 1.54) is 0 Å². The molecule has 22 heavy (non-hydrogen) atoms. The normalized spacial score (nSPS) is 14.7. The van der Waals surface area contributed by atoms with Crippen LogP contribution in [0, 0.1) is 0 Å². The molecular weight excluding hydrogens is 345 g/mol. The van der Waals surface area contributed by atoms with E-state index in [0.29, 0.717) is 16.1 Å². The molecule has 0 aliphatic carbocycles. The minimum absolute atomic E-state index is 0. The average Bonchev–Trinajstić information content (AvgIpc) is 2.76. The fraction of sp³-hybridized carbons (Fsp3) is 0.333. The van der Waals surface area contributed by atoms with Crippen LogP contribution in [-0.2, 0) is 0 Å². The van der Waals surface area contributed by atoms with Gasteiger partial charge in [-0.15, -0.1) is 24.8 Å². The lowest BCUT2D eigenvalue weighted by Crippen LogP contribution is -2.34. The topological polar surface area (TPSA) is 45.2 Å². The Balaban J connectivity index is 0.00000121. The van der Waals surface area contributed by atoms with Crippen LogP contribution in [0.15, 0.2) is 30.5 Å². The average molecular weight is 363 g/mol. The Labute approximate surface area is 147 Å². The Morgan fingerprint density at radius 2 is 2.00 bits per heavy atom. The first-order valence-corrected chi connectivity index (χ1v) is 7.18. The fourth-order valence-electron chi connectivity index (χ4n) is 2.53. The summed E-state index contributed by atoms with van der Waals surface area (Å²) >= 11 is 6.17. The molecule has 1 saturated heterocycles. The maximum Gasteiger partial charge on any atom is 0.256 e. The van der Waals surface area contributed by atoms with Crippen LogP contribution >= 0.6 is 36.4 Å². The highest BCUT2D eigenvalue weighted by Gasteiger charge is 2.20. The zero-order valence-corrected chi connectivity index (χ0v) is 14.3. The first kappa shape index (κ1) is 19.0. The van der Waals surface area contributed by atoms with E-state index in [4.69, 9.17) is 11.6 Å². The van der Waals surface area contributed by atoms with Crippen molar-refractivity contribution in [3.05, 3.63) is 41.0 Å². The molecule has 0 unspecified atom stereocenters. The van der Waals surface area contributed by atoms with Crippen LogP contribution < -0.4 is 5.32 Å². The van der Waals surface area contributed by atoms with Gasteiger partial charge in [-0.25, -0.2) is 0 Å². The summed E-state index contributed by atoms with van der Waals surface area (Å²) in [7, 11) is 0. The van der Waals surface area contributed by atoms with Crippen molar-refractivity contribution >= 4 is 53.2 Å².